The summed E-state index contributed by atoms with van der Waals surface area (Å²) in [7, 11) is 0. The minimum absolute atomic E-state index is 0.113. The van der Waals surface area contributed by atoms with Crippen molar-refractivity contribution in [1.29, 1.82) is 0 Å². The van der Waals surface area contributed by atoms with Crippen molar-refractivity contribution in [1.82, 2.24) is 4.90 Å². The fraction of sp³-hybridized carbons (Fsp3) is 0.929. The summed E-state index contributed by atoms with van der Waals surface area (Å²) >= 11 is 3.39. The normalized spacial score (nSPS) is 24.6. The van der Waals surface area contributed by atoms with E-state index in [2.05, 4.69) is 15.9 Å². The number of carbonyl (C=O) groups is 1. The lowest BCUT2D eigenvalue weighted by Gasteiger charge is -2.35. The van der Waals surface area contributed by atoms with Gasteiger partial charge >= 0.3 is 0 Å². The monoisotopic (exact) mass is 337 g/mol. The van der Waals surface area contributed by atoms with Gasteiger partial charge in [-0.2, -0.15) is 0 Å². The molecule has 0 N–H and O–H groups in total. The van der Waals surface area contributed by atoms with Gasteiger partial charge in [-0.15, -0.1) is 0 Å². The second-order valence-electron chi connectivity index (χ2n) is 5.79. The molecule has 0 bridgehead atoms. The third kappa shape index (κ3) is 3.89. The molecule has 110 valence electrons. The topological polar surface area (TPSA) is 20.3 Å². The summed E-state index contributed by atoms with van der Waals surface area (Å²) in [5, 5.41) is 0.762. The minimum Gasteiger partial charge on any atom is -0.339 e. The minimum atomic E-state index is -2.55. The number of rotatable bonds is 4. The highest BCUT2D eigenvalue weighted by Crippen LogP contribution is 2.37. The van der Waals surface area contributed by atoms with Crippen molar-refractivity contribution in [3.05, 3.63) is 0 Å². The van der Waals surface area contributed by atoms with E-state index in [-0.39, 0.29) is 24.7 Å². The van der Waals surface area contributed by atoms with Crippen LogP contribution in [-0.2, 0) is 4.79 Å². The highest BCUT2D eigenvalue weighted by molar-refractivity contribution is 9.09. The number of nitrogens with zero attached hydrogens (tertiary/aromatic N) is 1. The first-order chi connectivity index (χ1) is 9.03. The number of amides is 1. The standard InChI is InChI=1S/C14H22BrF2NO/c15-9-10-18(12-3-1-2-4-12)13(19)11-5-7-14(16,17)8-6-11/h11-12H,1-10H2. The molecule has 0 aliphatic heterocycles. The van der Waals surface area contributed by atoms with Crippen LogP contribution in [0.2, 0.25) is 0 Å². The fourth-order valence-electron chi connectivity index (χ4n) is 3.30. The van der Waals surface area contributed by atoms with Crippen molar-refractivity contribution >= 4 is 21.8 Å². The van der Waals surface area contributed by atoms with Crippen LogP contribution in [0, 0.1) is 5.92 Å². The Morgan fingerprint density at radius 2 is 1.74 bits per heavy atom. The molecule has 0 saturated heterocycles. The third-order valence-electron chi connectivity index (χ3n) is 4.44. The van der Waals surface area contributed by atoms with Crippen LogP contribution in [0.4, 0.5) is 8.78 Å². The summed E-state index contributed by atoms with van der Waals surface area (Å²) in [5.74, 6) is -2.62. The first kappa shape index (κ1) is 15.2. The maximum atomic E-state index is 13.2. The van der Waals surface area contributed by atoms with Gasteiger partial charge in [-0.05, 0) is 25.7 Å². The van der Waals surface area contributed by atoms with Crippen LogP contribution in [0.15, 0.2) is 0 Å². The zero-order valence-electron chi connectivity index (χ0n) is 11.2. The maximum Gasteiger partial charge on any atom is 0.248 e. The van der Waals surface area contributed by atoms with Gasteiger partial charge in [0.2, 0.25) is 11.8 Å². The van der Waals surface area contributed by atoms with Crippen LogP contribution in [0.5, 0.6) is 0 Å². The SMILES string of the molecule is O=C(C1CCC(F)(F)CC1)N(CCBr)C1CCCC1. The van der Waals surface area contributed by atoms with Crippen molar-refractivity contribution in [3.63, 3.8) is 0 Å². The molecule has 0 atom stereocenters. The summed E-state index contributed by atoms with van der Waals surface area (Å²) in [6.45, 7) is 0.705. The van der Waals surface area contributed by atoms with Gasteiger partial charge in [-0.3, -0.25) is 4.79 Å². The molecule has 2 nitrogen and oxygen atoms in total. The quantitative estimate of drug-likeness (QED) is 0.710. The summed E-state index contributed by atoms with van der Waals surface area (Å²) in [6, 6.07) is 0.340. The van der Waals surface area contributed by atoms with Crippen molar-refractivity contribution in [3.8, 4) is 0 Å². The Balaban J connectivity index is 1.95. The zero-order valence-corrected chi connectivity index (χ0v) is 12.8. The Hall–Kier alpha value is -0.190. The molecule has 5 heteroatoms. The highest BCUT2D eigenvalue weighted by atomic mass is 79.9. The second kappa shape index (κ2) is 6.51. The number of alkyl halides is 3. The van der Waals surface area contributed by atoms with Crippen molar-refractivity contribution in [2.24, 2.45) is 5.92 Å². The Labute approximate surface area is 122 Å². The fourth-order valence-corrected chi connectivity index (χ4v) is 3.68. The van der Waals surface area contributed by atoms with Crippen LogP contribution >= 0.6 is 15.9 Å². The van der Waals surface area contributed by atoms with Crippen molar-refractivity contribution in [2.45, 2.75) is 63.3 Å². The van der Waals surface area contributed by atoms with E-state index in [9.17, 15) is 13.6 Å². The molecule has 0 spiro atoms. The summed E-state index contributed by atoms with van der Waals surface area (Å²) in [4.78, 5) is 14.5. The number of carbonyl (C=O) groups excluding carboxylic acids is 1. The Kier molecular flexibility index (Phi) is 5.21. The number of hydrogen-bond donors (Lipinski definition) is 0. The van der Waals surface area contributed by atoms with Crippen LogP contribution in [0.1, 0.15) is 51.4 Å². The average Bonchev–Trinajstić information content (AvgIpc) is 2.89. The molecule has 2 saturated carbocycles. The van der Waals surface area contributed by atoms with E-state index < -0.39 is 5.92 Å². The van der Waals surface area contributed by atoms with Crippen LogP contribution in [-0.4, -0.2) is 34.6 Å². The Bertz CT molecular complexity index is 309. The lowest BCUT2D eigenvalue weighted by Crippen LogP contribution is -2.45. The van der Waals surface area contributed by atoms with E-state index >= 15 is 0 Å². The van der Waals surface area contributed by atoms with Crippen molar-refractivity contribution in [2.75, 3.05) is 11.9 Å². The lowest BCUT2D eigenvalue weighted by molar-refractivity contribution is -0.141. The molecule has 2 rings (SSSR count). The summed E-state index contributed by atoms with van der Waals surface area (Å²) in [6.07, 6.45) is 4.93. The van der Waals surface area contributed by atoms with E-state index in [1.807, 2.05) is 4.90 Å². The van der Waals surface area contributed by atoms with Gasteiger partial charge in [0.1, 0.15) is 0 Å². The number of hydrogen-bond acceptors (Lipinski definition) is 1. The van der Waals surface area contributed by atoms with E-state index in [1.54, 1.807) is 0 Å². The molecule has 19 heavy (non-hydrogen) atoms. The average molecular weight is 338 g/mol. The van der Waals surface area contributed by atoms with Gasteiger partial charge in [-0.25, -0.2) is 8.78 Å². The summed E-state index contributed by atoms with van der Waals surface area (Å²) < 4.78 is 26.3. The van der Waals surface area contributed by atoms with E-state index in [0.29, 0.717) is 25.4 Å². The van der Waals surface area contributed by atoms with Gasteiger partial charge < -0.3 is 4.90 Å². The molecule has 0 heterocycles. The molecule has 1 amide bonds. The van der Waals surface area contributed by atoms with E-state index in [4.69, 9.17) is 0 Å². The van der Waals surface area contributed by atoms with Crippen LogP contribution in [0.25, 0.3) is 0 Å². The van der Waals surface area contributed by atoms with Crippen molar-refractivity contribution < 1.29 is 13.6 Å². The Morgan fingerprint density at radius 1 is 1.16 bits per heavy atom. The smallest absolute Gasteiger partial charge is 0.248 e. The number of halogens is 3. The van der Waals surface area contributed by atoms with Crippen LogP contribution < -0.4 is 0 Å². The third-order valence-corrected chi connectivity index (χ3v) is 4.79. The van der Waals surface area contributed by atoms with Gasteiger partial charge in [0.15, 0.2) is 0 Å². The van der Waals surface area contributed by atoms with Crippen LogP contribution in [0.3, 0.4) is 0 Å². The second-order valence-corrected chi connectivity index (χ2v) is 6.58. The maximum absolute atomic E-state index is 13.2. The predicted molar refractivity (Wildman–Crippen MR) is 74.7 cm³/mol. The van der Waals surface area contributed by atoms with Gasteiger partial charge in [0.05, 0.1) is 0 Å². The molecule has 0 aromatic rings. The molecule has 0 aromatic heterocycles. The zero-order chi connectivity index (χ0) is 13.9. The highest BCUT2D eigenvalue weighted by Gasteiger charge is 2.39. The molecule has 2 aliphatic rings. The van der Waals surface area contributed by atoms with E-state index in [0.717, 1.165) is 18.2 Å². The molecule has 0 radical (unpaired) electrons. The van der Waals surface area contributed by atoms with Gasteiger partial charge in [0.25, 0.3) is 0 Å². The first-order valence-corrected chi connectivity index (χ1v) is 8.40. The van der Waals surface area contributed by atoms with E-state index in [1.165, 1.54) is 12.8 Å². The largest absolute Gasteiger partial charge is 0.339 e. The summed E-state index contributed by atoms with van der Waals surface area (Å²) in [5.41, 5.74) is 0. The first-order valence-electron chi connectivity index (χ1n) is 7.28. The lowest BCUT2D eigenvalue weighted by atomic mass is 9.85. The van der Waals surface area contributed by atoms with Gasteiger partial charge in [0, 0.05) is 36.7 Å². The molecular formula is C14H22BrF2NO. The molecule has 2 aliphatic carbocycles. The Morgan fingerprint density at radius 3 is 2.26 bits per heavy atom. The molecule has 0 aromatic carbocycles. The molecule has 0 unspecified atom stereocenters. The molecule has 2 fully saturated rings. The molecular weight excluding hydrogens is 316 g/mol. The van der Waals surface area contributed by atoms with Gasteiger partial charge in [-0.1, -0.05) is 28.8 Å². The predicted octanol–water partition coefficient (Wildman–Crippen LogP) is 3.98.